The number of benzene rings is 4. The van der Waals surface area contributed by atoms with Gasteiger partial charge in [-0.05, 0) is 45.9 Å². The molecule has 0 aliphatic carbocycles. The first-order valence-electron chi connectivity index (χ1n) is 13.9. The third-order valence-corrected chi connectivity index (χ3v) is 8.57. The summed E-state index contributed by atoms with van der Waals surface area (Å²) in [5.74, 6) is 0.609. The predicted molar refractivity (Wildman–Crippen MR) is 163 cm³/mol. The minimum absolute atomic E-state index is 0.457. The number of aromatic nitrogens is 2. The molecule has 41 heavy (non-hydrogen) atoms. The maximum atomic E-state index is 6.52. The van der Waals surface area contributed by atoms with Gasteiger partial charge in [-0.1, -0.05) is 72.8 Å². The number of rotatable bonds is 3. The highest BCUT2D eigenvalue weighted by Crippen LogP contribution is 2.41. The summed E-state index contributed by atoms with van der Waals surface area (Å²) in [6, 6.07) is 30.2. The Morgan fingerprint density at radius 1 is 0.610 bits per heavy atom. The molecule has 200 valence electrons. The molecule has 0 bridgehead atoms. The second kappa shape index (κ2) is 8.52. The van der Waals surface area contributed by atoms with Gasteiger partial charge in [0.05, 0.1) is 11.2 Å². The van der Waals surface area contributed by atoms with E-state index in [1.807, 2.05) is 78.9 Å². The first-order chi connectivity index (χ1) is 19.8. The fraction of sp³-hybridized carbons (Fsp3) is 0.176. The molecule has 3 aromatic heterocycles. The van der Waals surface area contributed by atoms with Crippen LogP contribution in [0.1, 0.15) is 27.7 Å². The summed E-state index contributed by atoms with van der Waals surface area (Å²) >= 11 is 0. The monoisotopic (exact) mass is 538 g/mol. The van der Waals surface area contributed by atoms with Crippen molar-refractivity contribution in [3.8, 4) is 22.6 Å². The highest BCUT2D eigenvalue weighted by atomic mass is 16.7. The van der Waals surface area contributed by atoms with Crippen LogP contribution in [0, 0.1) is 0 Å². The molecular weight excluding hydrogens is 511 g/mol. The van der Waals surface area contributed by atoms with Crippen molar-refractivity contribution in [1.82, 2.24) is 9.97 Å². The van der Waals surface area contributed by atoms with Gasteiger partial charge < -0.3 is 18.1 Å². The molecule has 0 saturated carbocycles. The molecule has 7 heteroatoms. The van der Waals surface area contributed by atoms with Gasteiger partial charge in [-0.15, -0.1) is 0 Å². The van der Waals surface area contributed by atoms with Gasteiger partial charge in [0, 0.05) is 32.7 Å². The highest BCUT2D eigenvalue weighted by Gasteiger charge is 2.52. The molecule has 7 aromatic rings. The van der Waals surface area contributed by atoms with Crippen molar-refractivity contribution in [3.63, 3.8) is 0 Å². The maximum Gasteiger partial charge on any atom is 0.498 e. The largest absolute Gasteiger partial charge is 0.498 e. The Morgan fingerprint density at radius 2 is 1.27 bits per heavy atom. The molecule has 1 fully saturated rings. The molecule has 0 radical (unpaired) electrons. The Kier molecular flexibility index (Phi) is 5.06. The van der Waals surface area contributed by atoms with Crippen molar-refractivity contribution in [1.29, 1.82) is 0 Å². The van der Waals surface area contributed by atoms with Gasteiger partial charge in [0.2, 0.25) is 0 Å². The summed E-state index contributed by atoms with van der Waals surface area (Å²) in [6.07, 6.45) is 0. The van der Waals surface area contributed by atoms with Gasteiger partial charge in [-0.3, -0.25) is 0 Å². The van der Waals surface area contributed by atoms with Gasteiger partial charge >= 0.3 is 7.12 Å². The van der Waals surface area contributed by atoms with E-state index in [4.69, 9.17) is 28.1 Å². The van der Waals surface area contributed by atoms with Crippen LogP contribution in [-0.2, 0) is 9.31 Å². The molecule has 0 spiro atoms. The summed E-state index contributed by atoms with van der Waals surface area (Å²) in [5.41, 5.74) is 6.29. The molecular formula is C34H27BN2O4. The van der Waals surface area contributed by atoms with Crippen LogP contribution in [0.5, 0.6) is 0 Å². The van der Waals surface area contributed by atoms with Crippen LogP contribution in [0.15, 0.2) is 99.8 Å². The Morgan fingerprint density at radius 3 is 2.07 bits per heavy atom. The molecule has 1 aliphatic rings. The number of hydrogen-bond donors (Lipinski definition) is 0. The van der Waals surface area contributed by atoms with Crippen LogP contribution in [0.25, 0.3) is 66.7 Å². The molecule has 4 heterocycles. The normalized spacial score (nSPS) is 16.4. The number of para-hydroxylation sites is 2. The third-order valence-electron chi connectivity index (χ3n) is 8.57. The van der Waals surface area contributed by atoms with Gasteiger partial charge in [0.1, 0.15) is 28.0 Å². The quantitative estimate of drug-likeness (QED) is 0.213. The number of nitrogens with zero attached hydrogens (tertiary/aromatic N) is 2. The molecule has 4 aromatic carbocycles. The smallest absolute Gasteiger partial charge is 0.456 e. The van der Waals surface area contributed by atoms with Crippen LogP contribution in [0.3, 0.4) is 0 Å². The molecule has 8 rings (SSSR count). The van der Waals surface area contributed by atoms with Crippen molar-refractivity contribution < 1.29 is 18.1 Å². The van der Waals surface area contributed by atoms with Gasteiger partial charge in [-0.2, -0.15) is 0 Å². The van der Waals surface area contributed by atoms with Crippen LogP contribution in [-0.4, -0.2) is 28.3 Å². The molecule has 6 nitrogen and oxygen atoms in total. The van der Waals surface area contributed by atoms with E-state index in [0.29, 0.717) is 11.4 Å². The lowest BCUT2D eigenvalue weighted by molar-refractivity contribution is 0.00578. The second-order valence-electron chi connectivity index (χ2n) is 11.6. The van der Waals surface area contributed by atoms with Crippen LogP contribution < -0.4 is 5.46 Å². The summed E-state index contributed by atoms with van der Waals surface area (Å²) in [7, 11) is -0.540. The number of furan rings is 2. The van der Waals surface area contributed by atoms with E-state index in [9.17, 15) is 0 Å². The Bertz CT molecular complexity index is 2110. The first kappa shape index (κ1) is 24.4. The Balaban J connectivity index is 1.39. The van der Waals surface area contributed by atoms with Crippen LogP contribution in [0.2, 0.25) is 0 Å². The molecule has 0 atom stereocenters. The molecule has 0 N–H and O–H groups in total. The lowest BCUT2D eigenvalue weighted by Gasteiger charge is -2.32. The van der Waals surface area contributed by atoms with Crippen molar-refractivity contribution in [3.05, 3.63) is 91.0 Å². The maximum absolute atomic E-state index is 6.52. The van der Waals surface area contributed by atoms with Crippen molar-refractivity contribution in [2.24, 2.45) is 0 Å². The predicted octanol–water partition coefficient (Wildman–Crippen LogP) is 7.91. The average molecular weight is 538 g/mol. The topological polar surface area (TPSA) is 70.5 Å². The van der Waals surface area contributed by atoms with Crippen LogP contribution >= 0.6 is 0 Å². The highest BCUT2D eigenvalue weighted by molar-refractivity contribution is 6.65. The minimum atomic E-state index is -0.540. The fourth-order valence-electron chi connectivity index (χ4n) is 5.71. The summed E-state index contributed by atoms with van der Waals surface area (Å²) in [6.45, 7) is 8.23. The van der Waals surface area contributed by atoms with E-state index in [0.717, 1.165) is 60.7 Å². The minimum Gasteiger partial charge on any atom is -0.456 e. The zero-order valence-corrected chi connectivity index (χ0v) is 23.3. The zero-order valence-electron chi connectivity index (χ0n) is 23.3. The van der Waals surface area contributed by atoms with E-state index in [1.165, 1.54) is 0 Å². The van der Waals surface area contributed by atoms with E-state index in [1.54, 1.807) is 0 Å². The lowest BCUT2D eigenvalue weighted by Crippen LogP contribution is -2.41. The van der Waals surface area contributed by atoms with E-state index < -0.39 is 18.3 Å². The zero-order chi connectivity index (χ0) is 27.9. The van der Waals surface area contributed by atoms with Crippen molar-refractivity contribution in [2.75, 3.05) is 0 Å². The standard InChI is InChI=1S/C34H27BN2O4/c1-33(2)34(3,4)41-35(40-33)24-17-10-15-22-27-23(16-11-19-26(27)39-30(22)24)32-36-28(20-12-6-5-7-13-20)31-29(37-32)21-14-8-9-18-25(21)38-31/h5-19H,1-4H3. The lowest BCUT2D eigenvalue weighted by atomic mass is 9.78. The van der Waals surface area contributed by atoms with Gasteiger partial charge in [-0.25, -0.2) is 9.97 Å². The molecule has 0 amide bonds. The van der Waals surface area contributed by atoms with E-state index in [2.05, 4.69) is 39.8 Å². The Hall–Kier alpha value is -4.46. The summed E-state index contributed by atoms with van der Waals surface area (Å²) in [5, 5.41) is 2.87. The summed E-state index contributed by atoms with van der Waals surface area (Å²) < 4.78 is 25.6. The fourth-order valence-corrected chi connectivity index (χ4v) is 5.71. The molecule has 1 aliphatic heterocycles. The van der Waals surface area contributed by atoms with Crippen LogP contribution in [0.4, 0.5) is 0 Å². The third kappa shape index (κ3) is 3.59. The van der Waals surface area contributed by atoms with Crippen molar-refractivity contribution >= 4 is 56.6 Å². The average Bonchev–Trinajstić information content (AvgIpc) is 3.61. The van der Waals surface area contributed by atoms with Gasteiger partial charge in [0.15, 0.2) is 11.4 Å². The van der Waals surface area contributed by atoms with Gasteiger partial charge in [0.25, 0.3) is 0 Å². The van der Waals surface area contributed by atoms with Crippen molar-refractivity contribution in [2.45, 2.75) is 38.9 Å². The number of fused-ring (bicyclic) bond motifs is 6. The van der Waals surface area contributed by atoms with E-state index in [-0.39, 0.29) is 0 Å². The number of hydrogen-bond acceptors (Lipinski definition) is 6. The Labute approximate surface area is 237 Å². The second-order valence-corrected chi connectivity index (χ2v) is 11.6. The molecule has 1 saturated heterocycles. The molecule has 0 unspecified atom stereocenters. The summed E-state index contributed by atoms with van der Waals surface area (Å²) in [4.78, 5) is 10.2. The first-order valence-corrected chi connectivity index (χ1v) is 13.9. The van der Waals surface area contributed by atoms with E-state index >= 15 is 0 Å². The SMILES string of the molecule is CC1(C)OB(c2cccc3c2oc2cccc(-c4nc(-c5ccccc5)c5oc6ccccc6c5n4)c23)OC1(C)C.